The van der Waals surface area contributed by atoms with E-state index in [0.717, 1.165) is 5.56 Å². The summed E-state index contributed by atoms with van der Waals surface area (Å²) in [5.41, 5.74) is 3.16. The highest BCUT2D eigenvalue weighted by atomic mass is 16.5. The van der Waals surface area contributed by atoms with Crippen molar-refractivity contribution < 1.29 is 29.4 Å². The summed E-state index contributed by atoms with van der Waals surface area (Å²) in [6.07, 6.45) is -0.169. The van der Waals surface area contributed by atoms with E-state index in [1.165, 1.54) is 13.2 Å². The summed E-state index contributed by atoms with van der Waals surface area (Å²) in [6.45, 7) is 0.266. The second kappa shape index (κ2) is 9.46. The molecule has 142 valence electrons. The molecule has 0 aliphatic rings. The molecule has 8 nitrogen and oxygen atoms in total. The van der Waals surface area contributed by atoms with E-state index in [-0.39, 0.29) is 18.5 Å². The lowest BCUT2D eigenvalue weighted by Crippen LogP contribution is -2.29. The average molecular weight is 372 g/mol. The summed E-state index contributed by atoms with van der Waals surface area (Å²) in [4.78, 5) is 34.8. The van der Waals surface area contributed by atoms with E-state index in [1.54, 1.807) is 47.9 Å². The Kier molecular flexibility index (Phi) is 7.04. The van der Waals surface area contributed by atoms with Crippen LogP contribution in [0.1, 0.15) is 44.3 Å². The lowest BCUT2D eigenvalue weighted by atomic mass is 9.97. The van der Waals surface area contributed by atoms with Crippen molar-refractivity contribution in [2.24, 2.45) is 0 Å². The number of rotatable bonds is 8. The van der Waals surface area contributed by atoms with Crippen LogP contribution in [0.25, 0.3) is 0 Å². The van der Waals surface area contributed by atoms with Gasteiger partial charge in [-0.15, -0.1) is 0 Å². The molecular formula is C19H20N2O6. The van der Waals surface area contributed by atoms with Gasteiger partial charge in [-0.25, -0.2) is 15.1 Å². The van der Waals surface area contributed by atoms with Crippen LogP contribution in [0.3, 0.4) is 0 Å². The Morgan fingerprint density at radius 3 is 2.52 bits per heavy atom. The number of hydrogen-bond donors (Lipinski definition) is 4. The van der Waals surface area contributed by atoms with Gasteiger partial charge in [-0.05, 0) is 29.3 Å². The number of carboxylic acids is 1. The van der Waals surface area contributed by atoms with Crippen LogP contribution in [0.15, 0.2) is 48.5 Å². The fraction of sp³-hybridized carbons (Fsp3) is 0.211. The van der Waals surface area contributed by atoms with Crippen LogP contribution in [-0.2, 0) is 16.1 Å². The van der Waals surface area contributed by atoms with Crippen molar-refractivity contribution >= 4 is 17.8 Å². The number of carboxylic acid groups (broad SMARTS) is 1. The number of amides is 1. The van der Waals surface area contributed by atoms with E-state index in [0.29, 0.717) is 11.1 Å². The van der Waals surface area contributed by atoms with Crippen molar-refractivity contribution in [2.45, 2.75) is 19.0 Å². The normalized spacial score (nSPS) is 11.5. The van der Waals surface area contributed by atoms with Crippen molar-refractivity contribution in [3.05, 3.63) is 70.8 Å². The average Bonchev–Trinajstić information content (AvgIpc) is 2.70. The Morgan fingerprint density at radius 2 is 1.85 bits per heavy atom. The number of carbonyl (C=O) groups is 3. The van der Waals surface area contributed by atoms with Crippen LogP contribution < -0.4 is 10.8 Å². The molecule has 1 unspecified atom stereocenters. The zero-order chi connectivity index (χ0) is 19.8. The number of carbonyl (C=O) groups excluding carboxylic acids is 2. The number of hydroxylamine groups is 1. The van der Waals surface area contributed by atoms with Crippen molar-refractivity contribution in [1.82, 2.24) is 10.8 Å². The Labute approximate surface area is 155 Å². The molecule has 2 rings (SSSR count). The maximum Gasteiger partial charge on any atom is 0.337 e. The molecule has 2 aromatic carbocycles. The lowest BCUT2D eigenvalue weighted by Gasteiger charge is -2.20. The van der Waals surface area contributed by atoms with Crippen LogP contribution in [-0.4, -0.2) is 35.3 Å². The highest BCUT2D eigenvalue weighted by Crippen LogP contribution is 2.22. The van der Waals surface area contributed by atoms with Gasteiger partial charge >= 0.3 is 11.9 Å². The number of aromatic carboxylic acids is 1. The smallest absolute Gasteiger partial charge is 0.337 e. The monoisotopic (exact) mass is 372 g/mol. The zero-order valence-electron chi connectivity index (χ0n) is 14.6. The Balaban J connectivity index is 2.25. The minimum absolute atomic E-state index is 0.0593. The molecule has 1 atom stereocenters. The van der Waals surface area contributed by atoms with E-state index in [2.05, 4.69) is 5.32 Å². The van der Waals surface area contributed by atoms with Crippen molar-refractivity contribution in [3.8, 4) is 0 Å². The van der Waals surface area contributed by atoms with Crippen LogP contribution in [0, 0.1) is 0 Å². The van der Waals surface area contributed by atoms with E-state index in [4.69, 9.17) is 9.94 Å². The highest BCUT2D eigenvalue weighted by Gasteiger charge is 2.21. The predicted octanol–water partition coefficient (Wildman–Crippen LogP) is 1.90. The molecule has 0 fully saturated rings. The van der Waals surface area contributed by atoms with E-state index >= 15 is 0 Å². The summed E-state index contributed by atoms with van der Waals surface area (Å²) < 4.78 is 4.69. The topological polar surface area (TPSA) is 125 Å². The van der Waals surface area contributed by atoms with Gasteiger partial charge in [0.1, 0.15) is 0 Å². The standard InChI is InChI=1S/C19H20N2O6/c1-27-19(25)13-6-4-5-12(9-13)11-20-16(10-17(22)21-26)14-7-2-3-8-15(14)18(23)24/h2-9,16,20,26H,10-11H2,1H3,(H,21,22)(H,23,24). The SMILES string of the molecule is COC(=O)c1cccc(CNC(CC(=O)NO)c2ccccc2C(=O)O)c1. The van der Waals surface area contributed by atoms with Crippen LogP contribution in [0.2, 0.25) is 0 Å². The lowest BCUT2D eigenvalue weighted by molar-refractivity contribution is -0.129. The second-order valence-corrected chi connectivity index (χ2v) is 5.76. The number of nitrogens with one attached hydrogen (secondary N) is 2. The summed E-state index contributed by atoms with van der Waals surface area (Å²) >= 11 is 0. The van der Waals surface area contributed by atoms with Gasteiger partial charge < -0.3 is 15.2 Å². The third-order valence-corrected chi connectivity index (χ3v) is 3.98. The Morgan fingerprint density at radius 1 is 1.11 bits per heavy atom. The third-order valence-electron chi connectivity index (χ3n) is 3.98. The molecule has 0 aliphatic carbocycles. The van der Waals surface area contributed by atoms with Gasteiger partial charge in [0.05, 0.1) is 18.2 Å². The van der Waals surface area contributed by atoms with E-state index in [9.17, 15) is 19.5 Å². The molecule has 0 bridgehead atoms. The molecule has 0 spiro atoms. The van der Waals surface area contributed by atoms with E-state index < -0.39 is 23.9 Å². The quantitative estimate of drug-likeness (QED) is 0.317. The molecule has 0 aromatic heterocycles. The maximum absolute atomic E-state index is 11.7. The molecule has 0 saturated carbocycles. The first-order chi connectivity index (χ1) is 13.0. The largest absolute Gasteiger partial charge is 0.478 e. The molecule has 4 N–H and O–H groups in total. The third kappa shape index (κ3) is 5.37. The molecule has 8 heteroatoms. The van der Waals surface area contributed by atoms with Crippen LogP contribution >= 0.6 is 0 Å². The molecule has 2 aromatic rings. The number of ether oxygens (including phenoxy) is 1. The van der Waals surface area contributed by atoms with Gasteiger partial charge in [0.2, 0.25) is 5.91 Å². The van der Waals surface area contributed by atoms with Crippen molar-refractivity contribution in [2.75, 3.05) is 7.11 Å². The maximum atomic E-state index is 11.7. The number of esters is 1. The second-order valence-electron chi connectivity index (χ2n) is 5.76. The molecule has 27 heavy (non-hydrogen) atoms. The number of methoxy groups -OCH3 is 1. The van der Waals surface area contributed by atoms with Crippen molar-refractivity contribution in [1.29, 1.82) is 0 Å². The predicted molar refractivity (Wildman–Crippen MR) is 95.3 cm³/mol. The molecule has 0 radical (unpaired) electrons. The van der Waals surface area contributed by atoms with E-state index in [1.807, 2.05) is 0 Å². The summed E-state index contributed by atoms with van der Waals surface area (Å²) in [6, 6.07) is 12.4. The molecule has 0 heterocycles. The summed E-state index contributed by atoms with van der Waals surface area (Å²) in [5, 5.41) is 21.3. The molecular weight excluding hydrogens is 352 g/mol. The van der Waals surface area contributed by atoms with Gasteiger partial charge in [-0.1, -0.05) is 30.3 Å². The minimum atomic E-state index is -1.12. The van der Waals surface area contributed by atoms with Crippen molar-refractivity contribution in [3.63, 3.8) is 0 Å². The van der Waals surface area contributed by atoms with Gasteiger partial charge in [0.25, 0.3) is 0 Å². The first-order valence-corrected chi connectivity index (χ1v) is 8.12. The Hall–Kier alpha value is -3.23. The highest BCUT2D eigenvalue weighted by molar-refractivity contribution is 5.90. The molecule has 0 aliphatic heterocycles. The summed E-state index contributed by atoms with van der Waals surface area (Å²) in [5.74, 6) is -2.24. The summed E-state index contributed by atoms with van der Waals surface area (Å²) in [7, 11) is 1.29. The fourth-order valence-corrected chi connectivity index (χ4v) is 2.69. The van der Waals surface area contributed by atoms with Gasteiger partial charge in [0.15, 0.2) is 0 Å². The van der Waals surface area contributed by atoms with Gasteiger partial charge in [-0.3, -0.25) is 10.0 Å². The zero-order valence-corrected chi connectivity index (χ0v) is 14.6. The minimum Gasteiger partial charge on any atom is -0.478 e. The Bertz CT molecular complexity index is 836. The molecule has 0 saturated heterocycles. The van der Waals surface area contributed by atoms with Gasteiger partial charge in [-0.2, -0.15) is 0 Å². The van der Waals surface area contributed by atoms with Gasteiger partial charge in [0, 0.05) is 19.0 Å². The first kappa shape index (κ1) is 20.1. The van der Waals surface area contributed by atoms with Crippen LogP contribution in [0.4, 0.5) is 0 Å². The molecule has 1 amide bonds. The number of hydrogen-bond acceptors (Lipinski definition) is 6. The van der Waals surface area contributed by atoms with Crippen LogP contribution in [0.5, 0.6) is 0 Å². The number of benzene rings is 2. The first-order valence-electron chi connectivity index (χ1n) is 8.12. The fourth-order valence-electron chi connectivity index (χ4n) is 2.69.